The van der Waals surface area contributed by atoms with Crippen LogP contribution in [0.4, 0.5) is 0 Å². The van der Waals surface area contributed by atoms with Gasteiger partial charge in [-0.05, 0) is 25.3 Å². The Hall–Kier alpha value is -1.36. The lowest BCUT2D eigenvalue weighted by Gasteiger charge is -2.26. The van der Waals surface area contributed by atoms with Crippen LogP contribution in [0.3, 0.4) is 0 Å². The highest BCUT2D eigenvalue weighted by Crippen LogP contribution is 2.24. The molecular weight excluding hydrogens is 280 g/mol. The van der Waals surface area contributed by atoms with Crippen molar-refractivity contribution in [2.24, 2.45) is 0 Å². The Labute approximate surface area is 135 Å². The zero-order chi connectivity index (χ0) is 16.8. The number of hydrogen-bond donors (Lipinski definition) is 1. The van der Waals surface area contributed by atoms with E-state index in [9.17, 15) is 0 Å². The SMILES string of the molecule is CC.CNC1=CC=CCC1OC1CCCCCC1.C[N+](=O)[O-]. The van der Waals surface area contributed by atoms with Crippen LogP contribution in [0.1, 0.15) is 58.8 Å². The van der Waals surface area contributed by atoms with Gasteiger partial charge in [0, 0.05) is 17.7 Å². The maximum atomic E-state index is 8.81. The normalized spacial score (nSPS) is 21.3. The minimum atomic E-state index is -0.500. The van der Waals surface area contributed by atoms with Gasteiger partial charge in [-0.15, -0.1) is 0 Å². The summed E-state index contributed by atoms with van der Waals surface area (Å²) in [5.41, 5.74) is 1.23. The van der Waals surface area contributed by atoms with Crippen LogP contribution in [0, 0.1) is 10.1 Å². The lowest BCUT2D eigenvalue weighted by atomic mass is 10.1. The molecular formula is C17H32N2O3. The number of allylic oxidation sites excluding steroid dienone is 2. The van der Waals surface area contributed by atoms with Crippen molar-refractivity contribution in [1.29, 1.82) is 0 Å². The molecule has 0 aromatic heterocycles. The van der Waals surface area contributed by atoms with E-state index in [2.05, 4.69) is 23.5 Å². The fourth-order valence-electron chi connectivity index (χ4n) is 2.59. The summed E-state index contributed by atoms with van der Waals surface area (Å²) >= 11 is 0. The molecule has 0 aromatic carbocycles. The predicted molar refractivity (Wildman–Crippen MR) is 91.5 cm³/mol. The quantitative estimate of drug-likeness (QED) is 0.484. The lowest BCUT2D eigenvalue weighted by molar-refractivity contribution is -0.445. The summed E-state index contributed by atoms with van der Waals surface area (Å²) in [4.78, 5) is 8.31. The highest BCUT2D eigenvalue weighted by atomic mass is 16.6. The van der Waals surface area contributed by atoms with Crippen molar-refractivity contribution in [1.82, 2.24) is 5.32 Å². The maximum Gasteiger partial charge on any atom is 0.194 e. The number of nitrogens with one attached hydrogen (secondary N) is 1. The molecule has 5 heteroatoms. The van der Waals surface area contributed by atoms with E-state index < -0.39 is 4.92 Å². The van der Waals surface area contributed by atoms with Gasteiger partial charge in [0.25, 0.3) is 0 Å². The van der Waals surface area contributed by atoms with E-state index in [4.69, 9.17) is 14.9 Å². The van der Waals surface area contributed by atoms with Gasteiger partial charge in [-0.3, -0.25) is 10.1 Å². The molecule has 1 fully saturated rings. The molecule has 0 spiro atoms. The molecule has 22 heavy (non-hydrogen) atoms. The fraction of sp³-hybridized carbons (Fsp3) is 0.765. The molecule has 0 aliphatic heterocycles. The minimum absolute atomic E-state index is 0.262. The highest BCUT2D eigenvalue weighted by Gasteiger charge is 2.21. The molecule has 0 radical (unpaired) electrons. The summed E-state index contributed by atoms with van der Waals surface area (Å²) < 4.78 is 6.23. The molecule has 1 N–H and O–H groups in total. The molecule has 2 rings (SSSR count). The van der Waals surface area contributed by atoms with E-state index in [0.717, 1.165) is 13.5 Å². The van der Waals surface area contributed by atoms with Gasteiger partial charge in [0.05, 0.1) is 6.10 Å². The Morgan fingerprint density at radius 1 is 1.23 bits per heavy atom. The zero-order valence-corrected chi connectivity index (χ0v) is 14.5. The number of likely N-dealkylation sites (N-methyl/N-ethyl adjacent to an activating group) is 1. The summed E-state index contributed by atoms with van der Waals surface area (Å²) in [6.07, 6.45) is 16.1. The van der Waals surface area contributed by atoms with Gasteiger partial charge < -0.3 is 10.1 Å². The average Bonchev–Trinajstić information content (AvgIpc) is 2.78. The fourth-order valence-corrected chi connectivity index (χ4v) is 2.59. The summed E-state index contributed by atoms with van der Waals surface area (Å²) in [6.45, 7) is 4.00. The third kappa shape index (κ3) is 9.55. The van der Waals surface area contributed by atoms with Crippen molar-refractivity contribution in [3.8, 4) is 0 Å². The Bertz CT molecular complexity index is 342. The van der Waals surface area contributed by atoms with Crippen molar-refractivity contribution in [2.45, 2.75) is 71.0 Å². The van der Waals surface area contributed by atoms with Gasteiger partial charge in [-0.25, -0.2) is 0 Å². The van der Waals surface area contributed by atoms with Crippen molar-refractivity contribution in [2.75, 3.05) is 14.1 Å². The Balaban J connectivity index is 0.000000640. The smallest absolute Gasteiger partial charge is 0.194 e. The van der Waals surface area contributed by atoms with Gasteiger partial charge in [-0.1, -0.05) is 51.7 Å². The summed E-state index contributed by atoms with van der Waals surface area (Å²) in [5, 5.41) is 12.0. The van der Waals surface area contributed by atoms with E-state index in [1.54, 1.807) is 0 Å². The summed E-state index contributed by atoms with van der Waals surface area (Å²) in [6, 6.07) is 0. The van der Waals surface area contributed by atoms with E-state index >= 15 is 0 Å². The number of hydrogen-bond acceptors (Lipinski definition) is 4. The molecule has 0 aromatic rings. The van der Waals surface area contributed by atoms with Gasteiger partial charge in [0.1, 0.15) is 6.10 Å². The van der Waals surface area contributed by atoms with Gasteiger partial charge in [-0.2, -0.15) is 0 Å². The molecule has 128 valence electrons. The second kappa shape index (κ2) is 13.3. The summed E-state index contributed by atoms with van der Waals surface area (Å²) in [7, 11) is 2.87. The lowest BCUT2D eigenvalue weighted by Crippen LogP contribution is -2.29. The second-order valence-corrected chi connectivity index (χ2v) is 5.21. The van der Waals surface area contributed by atoms with Crippen LogP contribution in [0.15, 0.2) is 23.9 Å². The van der Waals surface area contributed by atoms with Crippen molar-refractivity contribution < 1.29 is 9.66 Å². The Morgan fingerprint density at radius 2 is 1.77 bits per heavy atom. The molecule has 5 nitrogen and oxygen atoms in total. The molecule has 0 heterocycles. The van der Waals surface area contributed by atoms with E-state index in [1.807, 2.05) is 20.9 Å². The molecule has 0 saturated heterocycles. The van der Waals surface area contributed by atoms with Gasteiger partial charge >= 0.3 is 0 Å². The highest BCUT2D eigenvalue weighted by molar-refractivity contribution is 5.20. The van der Waals surface area contributed by atoms with E-state index in [-0.39, 0.29) is 6.10 Å². The van der Waals surface area contributed by atoms with Crippen LogP contribution < -0.4 is 5.32 Å². The monoisotopic (exact) mass is 312 g/mol. The largest absolute Gasteiger partial charge is 0.389 e. The molecule has 1 saturated carbocycles. The van der Waals surface area contributed by atoms with Crippen LogP contribution in [-0.4, -0.2) is 31.2 Å². The first-order chi connectivity index (χ1) is 10.6. The predicted octanol–water partition coefficient (Wildman–Crippen LogP) is 4.08. The molecule has 0 amide bonds. The Morgan fingerprint density at radius 3 is 2.27 bits per heavy atom. The molecule has 1 unspecified atom stereocenters. The van der Waals surface area contributed by atoms with Crippen LogP contribution in [0.5, 0.6) is 0 Å². The molecule has 2 aliphatic carbocycles. The third-order valence-electron chi connectivity index (χ3n) is 3.56. The van der Waals surface area contributed by atoms with Crippen molar-refractivity contribution in [3.63, 3.8) is 0 Å². The van der Waals surface area contributed by atoms with E-state index in [0.29, 0.717) is 6.10 Å². The topological polar surface area (TPSA) is 64.4 Å². The number of ether oxygens (including phenoxy) is 1. The van der Waals surface area contributed by atoms with Gasteiger partial charge in [0.15, 0.2) is 7.05 Å². The third-order valence-corrected chi connectivity index (χ3v) is 3.56. The van der Waals surface area contributed by atoms with Crippen LogP contribution in [0.2, 0.25) is 0 Å². The van der Waals surface area contributed by atoms with Crippen LogP contribution >= 0.6 is 0 Å². The maximum absolute atomic E-state index is 8.81. The zero-order valence-electron chi connectivity index (χ0n) is 14.5. The Kier molecular flexibility index (Phi) is 12.5. The van der Waals surface area contributed by atoms with Crippen molar-refractivity contribution >= 4 is 0 Å². The second-order valence-electron chi connectivity index (χ2n) is 5.21. The first kappa shape index (κ1) is 20.6. The van der Waals surface area contributed by atoms with E-state index in [1.165, 1.54) is 44.2 Å². The first-order valence-electron chi connectivity index (χ1n) is 8.41. The van der Waals surface area contributed by atoms with Gasteiger partial charge in [0.2, 0.25) is 0 Å². The summed E-state index contributed by atoms with van der Waals surface area (Å²) in [5.74, 6) is 0. The minimum Gasteiger partial charge on any atom is -0.389 e. The van der Waals surface area contributed by atoms with Crippen LogP contribution in [-0.2, 0) is 4.74 Å². The van der Waals surface area contributed by atoms with Crippen molar-refractivity contribution in [3.05, 3.63) is 34.0 Å². The molecule has 0 bridgehead atoms. The standard InChI is InChI=1S/C14H23NO.C2H6.CH3NO2/c1-15-13-10-6-7-11-14(13)16-12-8-4-2-3-5-9-12;1-2;1-2(3)4/h6-7,10,12,14-15H,2-5,8-9,11H2,1H3;1-2H3;1H3. The molecule has 1 atom stereocenters. The molecule has 2 aliphatic rings. The number of nitrogens with zero attached hydrogens (tertiary/aromatic N) is 1. The van der Waals surface area contributed by atoms with Crippen LogP contribution in [0.25, 0.3) is 0 Å². The average molecular weight is 312 g/mol. The number of nitro groups is 1. The number of rotatable bonds is 3. The first-order valence-corrected chi connectivity index (χ1v) is 8.41.